The Hall–Kier alpha value is -2.23. The molecule has 146 valence electrons. The Balaban J connectivity index is 1.64. The van der Waals surface area contributed by atoms with Gasteiger partial charge in [0.15, 0.2) is 0 Å². The van der Waals surface area contributed by atoms with E-state index < -0.39 is 15.9 Å². The second kappa shape index (κ2) is 8.64. The second-order valence-corrected chi connectivity index (χ2v) is 8.41. The monoisotopic (exact) mass is 393 g/mol. The van der Waals surface area contributed by atoms with Crippen molar-refractivity contribution in [1.29, 1.82) is 0 Å². The predicted molar refractivity (Wildman–Crippen MR) is 98.1 cm³/mol. The van der Waals surface area contributed by atoms with Gasteiger partial charge in [0.2, 0.25) is 15.9 Å². The highest BCUT2D eigenvalue weighted by Crippen LogP contribution is 2.19. The lowest BCUT2D eigenvalue weighted by atomic mass is 9.94. The highest BCUT2D eigenvalue weighted by Gasteiger charge is 2.27. The van der Waals surface area contributed by atoms with E-state index in [0.29, 0.717) is 19.6 Å². The Labute approximate surface area is 158 Å². The molecule has 0 spiro atoms. The van der Waals surface area contributed by atoms with Crippen molar-refractivity contribution in [3.8, 4) is 0 Å². The van der Waals surface area contributed by atoms with Gasteiger partial charge in [0.05, 0.1) is 18.1 Å². The van der Waals surface area contributed by atoms with Gasteiger partial charge in [0, 0.05) is 24.6 Å². The summed E-state index contributed by atoms with van der Waals surface area (Å²) in [6.07, 6.45) is 6.21. The van der Waals surface area contributed by atoms with E-state index in [2.05, 4.69) is 10.9 Å². The van der Waals surface area contributed by atoms with E-state index in [4.69, 9.17) is 4.74 Å². The molecule has 1 aliphatic carbocycles. The average Bonchev–Trinajstić information content (AvgIpc) is 2.73. The Kier molecular flexibility index (Phi) is 6.25. The Morgan fingerprint density at radius 1 is 1.11 bits per heavy atom. The highest BCUT2D eigenvalue weighted by molar-refractivity contribution is 7.89. The third-order valence-corrected chi connectivity index (χ3v) is 6.54. The van der Waals surface area contributed by atoms with Crippen LogP contribution in [0.2, 0.25) is 0 Å². The lowest BCUT2D eigenvalue weighted by molar-refractivity contribution is -0.126. The minimum atomic E-state index is -3.69. The van der Waals surface area contributed by atoms with Gasteiger partial charge in [-0.3, -0.25) is 20.4 Å². The molecule has 0 aromatic heterocycles. The normalized spacial score (nSPS) is 20.8. The Morgan fingerprint density at radius 3 is 2.59 bits per heavy atom. The Bertz CT molecular complexity index is 831. The number of carbonyl (C=O) groups excluding carboxylic acids is 2. The summed E-state index contributed by atoms with van der Waals surface area (Å²) in [6, 6.07) is 5.78. The summed E-state index contributed by atoms with van der Waals surface area (Å²) in [7, 11) is -3.69. The quantitative estimate of drug-likeness (QED) is 0.582. The number of hydrazine groups is 1. The third kappa shape index (κ3) is 4.74. The number of amides is 2. The van der Waals surface area contributed by atoms with E-state index in [-0.39, 0.29) is 35.4 Å². The van der Waals surface area contributed by atoms with Crippen molar-refractivity contribution >= 4 is 21.8 Å². The van der Waals surface area contributed by atoms with Crippen LogP contribution in [0.4, 0.5) is 0 Å². The molecule has 0 bridgehead atoms. The molecule has 1 unspecified atom stereocenters. The lowest BCUT2D eigenvalue weighted by Crippen LogP contribution is -2.44. The molecule has 1 fully saturated rings. The number of hydrogen-bond donors (Lipinski definition) is 2. The van der Waals surface area contributed by atoms with Crippen LogP contribution in [0.15, 0.2) is 41.3 Å². The van der Waals surface area contributed by atoms with Crippen LogP contribution in [0, 0.1) is 5.92 Å². The zero-order valence-corrected chi connectivity index (χ0v) is 15.7. The molecular weight excluding hydrogens is 370 g/mol. The number of hydrogen-bond acceptors (Lipinski definition) is 5. The number of nitrogens with one attached hydrogen (secondary N) is 2. The first-order valence-corrected chi connectivity index (χ1v) is 10.4. The fraction of sp³-hybridized carbons (Fsp3) is 0.444. The predicted octanol–water partition coefficient (Wildman–Crippen LogP) is 0.825. The van der Waals surface area contributed by atoms with Crippen LogP contribution >= 0.6 is 0 Å². The first kappa shape index (κ1) is 19.5. The standard InChI is InChI=1S/C18H23N3O5S/c22-17(14-5-2-1-3-6-14)19-20-18(23)15-7-4-8-16(13-15)27(24,25)21-9-11-26-12-10-21/h1-2,4,7-8,13-14H,3,5-6,9-12H2,(H,19,22)(H,20,23). The van der Waals surface area contributed by atoms with Gasteiger partial charge in [-0.1, -0.05) is 18.2 Å². The first-order valence-electron chi connectivity index (χ1n) is 8.91. The van der Waals surface area contributed by atoms with Crippen LogP contribution < -0.4 is 10.9 Å². The van der Waals surface area contributed by atoms with E-state index in [1.165, 1.54) is 28.6 Å². The number of allylic oxidation sites excluding steroid dienone is 2. The van der Waals surface area contributed by atoms with Crippen molar-refractivity contribution in [2.75, 3.05) is 26.3 Å². The lowest BCUT2D eigenvalue weighted by Gasteiger charge is -2.26. The largest absolute Gasteiger partial charge is 0.379 e. The maximum absolute atomic E-state index is 12.7. The number of carbonyl (C=O) groups is 2. The molecule has 1 saturated heterocycles. The summed E-state index contributed by atoms with van der Waals surface area (Å²) in [6.45, 7) is 1.26. The summed E-state index contributed by atoms with van der Waals surface area (Å²) >= 11 is 0. The number of rotatable bonds is 4. The van der Waals surface area contributed by atoms with Crippen LogP contribution in [0.1, 0.15) is 29.6 Å². The Morgan fingerprint density at radius 2 is 1.89 bits per heavy atom. The van der Waals surface area contributed by atoms with Gasteiger partial charge < -0.3 is 4.74 Å². The molecule has 1 aliphatic heterocycles. The van der Waals surface area contributed by atoms with Crippen molar-refractivity contribution in [2.24, 2.45) is 5.92 Å². The molecule has 0 saturated carbocycles. The summed E-state index contributed by atoms with van der Waals surface area (Å²) in [5.74, 6) is -0.971. The molecule has 2 amide bonds. The van der Waals surface area contributed by atoms with Gasteiger partial charge in [-0.15, -0.1) is 0 Å². The van der Waals surface area contributed by atoms with Crippen LogP contribution in [0.3, 0.4) is 0 Å². The van der Waals surface area contributed by atoms with E-state index >= 15 is 0 Å². The van der Waals surface area contributed by atoms with Crippen molar-refractivity contribution in [3.05, 3.63) is 42.0 Å². The van der Waals surface area contributed by atoms with E-state index in [1.54, 1.807) is 0 Å². The number of benzene rings is 1. The van der Waals surface area contributed by atoms with Gasteiger partial charge in [-0.2, -0.15) is 4.31 Å². The second-order valence-electron chi connectivity index (χ2n) is 6.47. The van der Waals surface area contributed by atoms with E-state index in [0.717, 1.165) is 12.8 Å². The topological polar surface area (TPSA) is 105 Å². The smallest absolute Gasteiger partial charge is 0.269 e. The number of ether oxygens (including phenoxy) is 1. The summed E-state index contributed by atoms with van der Waals surface area (Å²) < 4.78 is 31.9. The summed E-state index contributed by atoms with van der Waals surface area (Å²) in [4.78, 5) is 24.5. The van der Waals surface area contributed by atoms with Gasteiger partial charge in [0.25, 0.3) is 5.91 Å². The van der Waals surface area contributed by atoms with Crippen LogP contribution in [0.5, 0.6) is 0 Å². The molecule has 0 radical (unpaired) electrons. The van der Waals surface area contributed by atoms with Crippen LogP contribution in [-0.2, 0) is 19.6 Å². The molecule has 2 N–H and O–H groups in total. The zero-order chi connectivity index (χ0) is 19.3. The third-order valence-electron chi connectivity index (χ3n) is 4.64. The van der Waals surface area contributed by atoms with Crippen molar-refractivity contribution < 1.29 is 22.7 Å². The fourth-order valence-corrected chi connectivity index (χ4v) is 4.51. The molecular formula is C18H23N3O5S. The molecule has 8 nitrogen and oxygen atoms in total. The minimum absolute atomic E-state index is 0.0424. The molecule has 27 heavy (non-hydrogen) atoms. The number of morpholine rings is 1. The van der Waals surface area contributed by atoms with E-state index in [1.807, 2.05) is 12.2 Å². The number of nitrogens with zero attached hydrogens (tertiary/aromatic N) is 1. The highest BCUT2D eigenvalue weighted by atomic mass is 32.2. The molecule has 1 heterocycles. The molecule has 2 aliphatic rings. The van der Waals surface area contributed by atoms with Crippen molar-refractivity contribution in [2.45, 2.75) is 24.2 Å². The molecule has 3 rings (SSSR count). The molecule has 1 aromatic rings. The SMILES string of the molecule is O=C(NNC(=O)C1CC=CCC1)c1cccc(S(=O)(=O)N2CCOCC2)c1. The van der Waals surface area contributed by atoms with Crippen molar-refractivity contribution in [3.63, 3.8) is 0 Å². The van der Waals surface area contributed by atoms with Crippen LogP contribution in [0.25, 0.3) is 0 Å². The maximum Gasteiger partial charge on any atom is 0.269 e. The molecule has 1 aromatic carbocycles. The average molecular weight is 393 g/mol. The first-order chi connectivity index (χ1) is 13.0. The zero-order valence-electron chi connectivity index (χ0n) is 14.9. The van der Waals surface area contributed by atoms with Gasteiger partial charge in [-0.25, -0.2) is 8.42 Å². The van der Waals surface area contributed by atoms with Crippen molar-refractivity contribution in [1.82, 2.24) is 15.2 Å². The molecule has 1 atom stereocenters. The van der Waals surface area contributed by atoms with E-state index in [9.17, 15) is 18.0 Å². The van der Waals surface area contributed by atoms with Gasteiger partial charge in [0.1, 0.15) is 0 Å². The summed E-state index contributed by atoms with van der Waals surface area (Å²) in [5.41, 5.74) is 4.95. The minimum Gasteiger partial charge on any atom is -0.379 e. The molecule has 9 heteroatoms. The van der Waals surface area contributed by atoms with Gasteiger partial charge in [-0.05, 0) is 37.5 Å². The maximum atomic E-state index is 12.7. The fourth-order valence-electron chi connectivity index (χ4n) is 3.06. The van der Waals surface area contributed by atoms with Gasteiger partial charge >= 0.3 is 0 Å². The van der Waals surface area contributed by atoms with Crippen LogP contribution in [-0.4, -0.2) is 50.8 Å². The summed E-state index contributed by atoms with van der Waals surface area (Å²) in [5, 5.41) is 0. The number of sulfonamides is 1.